The van der Waals surface area contributed by atoms with Crippen LogP contribution in [0.25, 0.3) is 17.0 Å². The van der Waals surface area contributed by atoms with E-state index < -0.39 is 0 Å². The molecule has 4 aromatic rings. The molecule has 1 aliphatic rings. The molecule has 0 bridgehead atoms. The van der Waals surface area contributed by atoms with Crippen molar-refractivity contribution in [1.82, 2.24) is 19.8 Å². The number of aromatic nitrogens is 4. The van der Waals surface area contributed by atoms with Crippen LogP contribution in [0, 0.1) is 5.82 Å². The lowest BCUT2D eigenvalue weighted by Gasteiger charge is -2.37. The minimum Gasteiger partial charge on any atom is -0.367 e. The highest BCUT2D eigenvalue weighted by molar-refractivity contribution is 7.07. The molecule has 0 N–H and O–H groups in total. The summed E-state index contributed by atoms with van der Waals surface area (Å²) in [4.78, 5) is 2.20. The zero-order valence-electron chi connectivity index (χ0n) is 15.2. The molecule has 28 heavy (non-hydrogen) atoms. The van der Waals surface area contributed by atoms with Crippen LogP contribution in [0.2, 0.25) is 0 Å². The first kappa shape index (κ1) is 17.3. The molecule has 1 aliphatic heterocycles. The van der Waals surface area contributed by atoms with E-state index in [1.54, 1.807) is 34.1 Å². The summed E-state index contributed by atoms with van der Waals surface area (Å²) in [6.07, 6.45) is 0.0718. The molecule has 2 atom stereocenters. The van der Waals surface area contributed by atoms with E-state index in [2.05, 4.69) is 38.8 Å². The van der Waals surface area contributed by atoms with Gasteiger partial charge < -0.3 is 9.64 Å². The zero-order valence-corrected chi connectivity index (χ0v) is 16.0. The van der Waals surface area contributed by atoms with Crippen molar-refractivity contribution in [3.63, 3.8) is 0 Å². The normalized spacial score (nSPS) is 20.0. The van der Waals surface area contributed by atoms with Gasteiger partial charge in [-0.1, -0.05) is 12.1 Å². The molecule has 0 radical (unpaired) electrons. The summed E-state index contributed by atoms with van der Waals surface area (Å²) in [7, 11) is 0. The van der Waals surface area contributed by atoms with Crippen LogP contribution in [-0.2, 0) is 4.74 Å². The Kier molecular flexibility index (Phi) is 4.29. The SMILES string of the molecule is CC1CN(c2ccc3nnc(-c4ccccc4F)n3n2)CC(c2ccsc2)O1. The highest BCUT2D eigenvalue weighted by atomic mass is 32.1. The molecule has 4 heterocycles. The Morgan fingerprint density at radius 1 is 1.11 bits per heavy atom. The number of fused-ring (bicyclic) bond motifs is 1. The third-order valence-corrected chi connectivity index (χ3v) is 5.56. The maximum absolute atomic E-state index is 14.3. The van der Waals surface area contributed by atoms with Crippen LogP contribution >= 0.6 is 11.3 Å². The van der Waals surface area contributed by atoms with Crippen molar-refractivity contribution < 1.29 is 9.13 Å². The Labute approximate surface area is 165 Å². The van der Waals surface area contributed by atoms with E-state index in [1.165, 1.54) is 11.6 Å². The summed E-state index contributed by atoms with van der Waals surface area (Å²) < 4.78 is 22.0. The predicted molar refractivity (Wildman–Crippen MR) is 106 cm³/mol. The standard InChI is InChI=1S/C20H18FN5OS/c1-13-10-25(11-17(27-13)14-8-9-28-12-14)19-7-6-18-22-23-20(26(18)24-19)15-4-2-3-5-16(15)21/h2-9,12-13,17H,10-11H2,1H3. The average Bonchev–Trinajstić information content (AvgIpc) is 3.38. The molecule has 6 nitrogen and oxygen atoms in total. The van der Waals surface area contributed by atoms with Gasteiger partial charge in [-0.25, -0.2) is 4.39 Å². The van der Waals surface area contributed by atoms with E-state index in [1.807, 2.05) is 12.1 Å². The fourth-order valence-electron chi connectivity index (χ4n) is 3.54. The lowest BCUT2D eigenvalue weighted by atomic mass is 10.1. The Hall–Kier alpha value is -2.84. The van der Waals surface area contributed by atoms with Gasteiger partial charge in [-0.2, -0.15) is 15.9 Å². The summed E-state index contributed by atoms with van der Waals surface area (Å²) in [6.45, 7) is 3.50. The van der Waals surface area contributed by atoms with Crippen molar-refractivity contribution in [3.8, 4) is 11.4 Å². The highest BCUT2D eigenvalue weighted by Crippen LogP contribution is 2.29. The Morgan fingerprint density at radius 2 is 2.00 bits per heavy atom. The number of hydrogen-bond acceptors (Lipinski definition) is 6. The van der Waals surface area contributed by atoms with Gasteiger partial charge in [0.15, 0.2) is 11.5 Å². The molecular formula is C20H18FN5OS. The molecular weight excluding hydrogens is 377 g/mol. The van der Waals surface area contributed by atoms with Gasteiger partial charge in [0.2, 0.25) is 0 Å². The number of rotatable bonds is 3. The fourth-order valence-corrected chi connectivity index (χ4v) is 4.24. The first-order valence-electron chi connectivity index (χ1n) is 9.09. The smallest absolute Gasteiger partial charge is 0.188 e. The monoisotopic (exact) mass is 395 g/mol. The molecule has 5 rings (SSSR count). The molecule has 8 heteroatoms. The summed E-state index contributed by atoms with van der Waals surface area (Å²) in [5, 5.41) is 17.2. The Bertz CT molecular complexity index is 1110. The van der Waals surface area contributed by atoms with E-state index in [-0.39, 0.29) is 18.0 Å². The lowest BCUT2D eigenvalue weighted by Crippen LogP contribution is -2.43. The van der Waals surface area contributed by atoms with Crippen LogP contribution in [0.3, 0.4) is 0 Å². The van der Waals surface area contributed by atoms with E-state index in [0.717, 1.165) is 12.4 Å². The minimum atomic E-state index is -0.346. The number of halogens is 1. The second kappa shape index (κ2) is 6.96. The second-order valence-electron chi connectivity index (χ2n) is 6.86. The van der Waals surface area contributed by atoms with Crippen LogP contribution in [0.15, 0.2) is 53.2 Å². The van der Waals surface area contributed by atoms with Crippen LogP contribution in [-0.4, -0.2) is 39.0 Å². The first-order chi connectivity index (χ1) is 13.7. The van der Waals surface area contributed by atoms with Crippen molar-refractivity contribution in [2.45, 2.75) is 19.1 Å². The van der Waals surface area contributed by atoms with E-state index in [4.69, 9.17) is 9.84 Å². The van der Waals surface area contributed by atoms with Crippen molar-refractivity contribution in [3.05, 3.63) is 64.6 Å². The number of anilines is 1. The predicted octanol–water partition coefficient (Wildman–Crippen LogP) is 3.96. The Balaban J connectivity index is 1.52. The molecule has 2 unspecified atom stereocenters. The third-order valence-electron chi connectivity index (χ3n) is 4.86. The summed E-state index contributed by atoms with van der Waals surface area (Å²) in [6, 6.07) is 12.4. The van der Waals surface area contributed by atoms with Gasteiger partial charge in [-0.3, -0.25) is 0 Å². The van der Waals surface area contributed by atoms with Crippen LogP contribution in [0.5, 0.6) is 0 Å². The fraction of sp³-hybridized carbons (Fsp3) is 0.250. The third kappa shape index (κ3) is 3.04. The molecule has 142 valence electrons. The van der Waals surface area contributed by atoms with Gasteiger partial charge in [-0.15, -0.1) is 15.3 Å². The van der Waals surface area contributed by atoms with Crippen LogP contribution < -0.4 is 4.90 Å². The van der Waals surface area contributed by atoms with Crippen molar-refractivity contribution in [2.24, 2.45) is 0 Å². The number of hydrogen-bond donors (Lipinski definition) is 0. The first-order valence-corrected chi connectivity index (χ1v) is 10.0. The van der Waals surface area contributed by atoms with Gasteiger partial charge in [0.05, 0.1) is 11.7 Å². The van der Waals surface area contributed by atoms with Gasteiger partial charge in [0.25, 0.3) is 0 Å². The van der Waals surface area contributed by atoms with Gasteiger partial charge >= 0.3 is 0 Å². The number of morpholine rings is 1. The number of nitrogens with zero attached hydrogens (tertiary/aromatic N) is 5. The van der Waals surface area contributed by atoms with E-state index >= 15 is 0 Å². The zero-order chi connectivity index (χ0) is 19.1. The lowest BCUT2D eigenvalue weighted by molar-refractivity contribution is -0.0174. The van der Waals surface area contributed by atoms with E-state index in [0.29, 0.717) is 23.6 Å². The van der Waals surface area contributed by atoms with Crippen molar-refractivity contribution in [2.75, 3.05) is 18.0 Å². The minimum absolute atomic E-state index is 0.000512. The van der Waals surface area contributed by atoms with Crippen LogP contribution in [0.1, 0.15) is 18.6 Å². The number of benzene rings is 1. The maximum Gasteiger partial charge on any atom is 0.188 e. The molecule has 0 spiro atoms. The summed E-state index contributed by atoms with van der Waals surface area (Å²) >= 11 is 1.67. The summed E-state index contributed by atoms with van der Waals surface area (Å²) in [5.74, 6) is 0.840. The largest absolute Gasteiger partial charge is 0.367 e. The molecule has 0 aliphatic carbocycles. The quantitative estimate of drug-likeness (QED) is 0.526. The highest BCUT2D eigenvalue weighted by Gasteiger charge is 2.28. The van der Waals surface area contributed by atoms with Crippen molar-refractivity contribution >= 4 is 22.8 Å². The topological polar surface area (TPSA) is 55.6 Å². The number of ether oxygens (including phenoxy) is 1. The molecule has 1 saturated heterocycles. The van der Waals surface area contributed by atoms with Gasteiger partial charge in [-0.05, 0) is 53.6 Å². The van der Waals surface area contributed by atoms with Gasteiger partial charge in [0.1, 0.15) is 17.7 Å². The Morgan fingerprint density at radius 3 is 2.82 bits per heavy atom. The molecule has 1 aromatic carbocycles. The van der Waals surface area contributed by atoms with Crippen molar-refractivity contribution in [1.29, 1.82) is 0 Å². The van der Waals surface area contributed by atoms with Gasteiger partial charge in [0, 0.05) is 13.1 Å². The second-order valence-corrected chi connectivity index (χ2v) is 7.64. The molecule has 1 fully saturated rings. The maximum atomic E-state index is 14.3. The molecule has 0 amide bonds. The van der Waals surface area contributed by atoms with Crippen LogP contribution in [0.4, 0.5) is 10.2 Å². The molecule has 3 aromatic heterocycles. The number of thiophene rings is 1. The molecule has 0 saturated carbocycles. The average molecular weight is 395 g/mol. The van der Waals surface area contributed by atoms with E-state index in [9.17, 15) is 4.39 Å². The summed E-state index contributed by atoms with van der Waals surface area (Å²) in [5.41, 5.74) is 2.14.